The topological polar surface area (TPSA) is 126 Å². The van der Waals surface area contributed by atoms with Gasteiger partial charge in [-0.25, -0.2) is 4.90 Å². The third-order valence-electron chi connectivity index (χ3n) is 6.57. The minimum Gasteiger partial charge on any atom is -0.326 e. The van der Waals surface area contributed by atoms with Gasteiger partial charge in [0.05, 0.1) is 22.3 Å². The van der Waals surface area contributed by atoms with Gasteiger partial charge in [-0.3, -0.25) is 24.5 Å². The van der Waals surface area contributed by atoms with Gasteiger partial charge in [0.1, 0.15) is 11.8 Å². The molecule has 9 heteroatoms. The van der Waals surface area contributed by atoms with Crippen LogP contribution in [0.2, 0.25) is 0 Å². The summed E-state index contributed by atoms with van der Waals surface area (Å²) < 4.78 is 0. The lowest BCUT2D eigenvalue weighted by Crippen LogP contribution is -2.98. The van der Waals surface area contributed by atoms with E-state index < -0.39 is 34.1 Å². The van der Waals surface area contributed by atoms with E-state index in [0.29, 0.717) is 16.8 Å². The summed E-state index contributed by atoms with van der Waals surface area (Å²) in [6.45, 7) is 3.52. The fourth-order valence-electron chi connectivity index (χ4n) is 5.29. The van der Waals surface area contributed by atoms with Crippen LogP contribution in [0.4, 0.5) is 17.1 Å². The van der Waals surface area contributed by atoms with Crippen LogP contribution in [0.15, 0.2) is 42.5 Å². The van der Waals surface area contributed by atoms with Crippen molar-refractivity contribution in [2.24, 2.45) is 11.8 Å². The van der Waals surface area contributed by atoms with Crippen LogP contribution in [0.1, 0.15) is 18.1 Å². The van der Waals surface area contributed by atoms with Gasteiger partial charge in [0.25, 0.3) is 11.6 Å². The normalized spacial score (nSPS) is 29.3. The zero-order valence-corrected chi connectivity index (χ0v) is 16.3. The van der Waals surface area contributed by atoms with Gasteiger partial charge >= 0.3 is 0 Å². The van der Waals surface area contributed by atoms with E-state index in [4.69, 9.17) is 0 Å². The summed E-state index contributed by atoms with van der Waals surface area (Å²) >= 11 is 0. The number of imide groups is 1. The van der Waals surface area contributed by atoms with Gasteiger partial charge in [0, 0.05) is 17.7 Å². The number of quaternary nitrogens is 1. The summed E-state index contributed by atoms with van der Waals surface area (Å²) in [6.07, 6.45) is 0. The number of nitro benzene ring substituents is 1. The number of nitrogens with zero attached hydrogens (tertiary/aromatic N) is 2. The Morgan fingerprint density at radius 3 is 2.60 bits per heavy atom. The highest BCUT2D eigenvalue weighted by atomic mass is 16.6. The summed E-state index contributed by atoms with van der Waals surface area (Å²) in [5.74, 6) is -2.83. The number of carbonyl (C=O) groups excluding carboxylic acids is 3. The Morgan fingerprint density at radius 1 is 1.13 bits per heavy atom. The quantitative estimate of drug-likeness (QED) is 0.433. The van der Waals surface area contributed by atoms with Gasteiger partial charge < -0.3 is 10.6 Å². The number of hydrogen-bond donors (Lipinski definition) is 2. The van der Waals surface area contributed by atoms with Crippen molar-refractivity contribution in [2.75, 3.05) is 10.2 Å². The Balaban J connectivity index is 1.67. The second kappa shape index (κ2) is 5.96. The van der Waals surface area contributed by atoms with Gasteiger partial charge in [-0.05, 0) is 25.5 Å². The first-order valence-corrected chi connectivity index (χ1v) is 9.67. The number of benzene rings is 2. The van der Waals surface area contributed by atoms with Crippen LogP contribution in [0.25, 0.3) is 0 Å². The zero-order valence-electron chi connectivity index (χ0n) is 16.3. The molecule has 3 N–H and O–H groups in total. The molecule has 9 nitrogen and oxygen atoms in total. The molecule has 0 saturated carbocycles. The Bertz CT molecular complexity index is 1160. The smallest absolute Gasteiger partial charge is 0.291 e. The van der Waals surface area contributed by atoms with Crippen LogP contribution < -0.4 is 15.5 Å². The summed E-state index contributed by atoms with van der Waals surface area (Å²) in [7, 11) is 0. The summed E-state index contributed by atoms with van der Waals surface area (Å²) in [5.41, 5.74) is 0.667. The number of hydrogen-bond acceptors (Lipinski definition) is 5. The molecule has 0 bridgehead atoms. The molecule has 2 fully saturated rings. The monoisotopic (exact) mass is 407 g/mol. The highest BCUT2D eigenvalue weighted by molar-refractivity contribution is 6.25. The first-order chi connectivity index (χ1) is 14.3. The molecule has 1 spiro atoms. The summed E-state index contributed by atoms with van der Waals surface area (Å²) in [5, 5.41) is 15.9. The first-order valence-electron chi connectivity index (χ1n) is 9.67. The van der Waals surface area contributed by atoms with Crippen molar-refractivity contribution in [3.63, 3.8) is 0 Å². The second-order valence-electron chi connectivity index (χ2n) is 8.14. The molecule has 0 aromatic heterocycles. The fourth-order valence-corrected chi connectivity index (χ4v) is 5.29. The van der Waals surface area contributed by atoms with Gasteiger partial charge in [-0.2, -0.15) is 0 Å². The van der Waals surface area contributed by atoms with Crippen LogP contribution in [0, 0.1) is 28.9 Å². The average molecular weight is 407 g/mol. The van der Waals surface area contributed by atoms with E-state index in [1.807, 2.05) is 12.2 Å². The number of aryl methyl sites for hydroxylation is 1. The predicted octanol–water partition coefficient (Wildman–Crippen LogP) is 0.822. The third-order valence-corrected chi connectivity index (χ3v) is 6.57. The van der Waals surface area contributed by atoms with Crippen LogP contribution >= 0.6 is 0 Å². The number of anilines is 2. The Labute approximate surface area is 171 Å². The largest absolute Gasteiger partial charge is 0.326 e. The van der Waals surface area contributed by atoms with Crippen molar-refractivity contribution in [3.8, 4) is 0 Å². The lowest BCUT2D eigenvalue weighted by Gasteiger charge is -2.26. The minimum atomic E-state index is -1.23. The Hall–Kier alpha value is -3.59. The molecule has 0 radical (unpaired) electrons. The molecule has 3 amide bonds. The predicted molar refractivity (Wildman–Crippen MR) is 105 cm³/mol. The maximum absolute atomic E-state index is 13.6. The van der Waals surface area contributed by atoms with E-state index in [2.05, 4.69) is 5.32 Å². The molecule has 152 valence electrons. The lowest BCUT2D eigenvalue weighted by atomic mass is 9.76. The maximum atomic E-state index is 13.6. The van der Waals surface area contributed by atoms with Crippen molar-refractivity contribution in [3.05, 3.63) is 63.7 Å². The maximum Gasteiger partial charge on any atom is 0.291 e. The molecular formula is C21H19N4O5+. The molecule has 2 aromatic carbocycles. The number of nitrogens with one attached hydrogen (secondary N) is 1. The van der Waals surface area contributed by atoms with E-state index in [1.165, 1.54) is 18.2 Å². The van der Waals surface area contributed by atoms with E-state index in [1.54, 1.807) is 31.2 Å². The van der Waals surface area contributed by atoms with E-state index in [9.17, 15) is 24.5 Å². The number of nitro groups is 1. The molecular weight excluding hydrogens is 388 g/mol. The standard InChI is InChI=1S/C21H18N4O5/c1-10-7-8-12(25(29)30)9-15(10)24-18(26)16-11(2)23-21(17(16)19(24)27)13-5-3-4-6-14(13)22-20(21)28/h3-9,11,16-17,23H,1-2H3,(H,22,28)/p+1/t11-,16+,17-,21+/m0/s1. The molecule has 5 rings (SSSR count). The molecule has 4 atom stereocenters. The van der Waals surface area contributed by atoms with Crippen LogP contribution in [0.5, 0.6) is 0 Å². The molecule has 0 unspecified atom stereocenters. The number of fused-ring (bicyclic) bond motifs is 4. The van der Waals surface area contributed by atoms with Gasteiger partial charge in [0.15, 0.2) is 0 Å². The van der Waals surface area contributed by atoms with E-state index in [0.717, 1.165) is 4.90 Å². The fraction of sp³-hybridized carbons (Fsp3) is 0.286. The number of carbonyl (C=O) groups is 3. The van der Waals surface area contributed by atoms with Crippen LogP contribution in [-0.4, -0.2) is 28.7 Å². The SMILES string of the molecule is Cc1ccc([N+](=O)[O-])cc1N1C(=O)[C@@H]2[C@H](C)[NH2+][C@@]3(C(=O)Nc4ccccc43)[C@@H]2C1=O. The van der Waals surface area contributed by atoms with Gasteiger partial charge in [0.2, 0.25) is 17.4 Å². The van der Waals surface area contributed by atoms with Gasteiger partial charge in [-0.15, -0.1) is 0 Å². The molecule has 30 heavy (non-hydrogen) atoms. The molecule has 2 saturated heterocycles. The molecule has 2 aromatic rings. The number of rotatable bonds is 2. The van der Waals surface area contributed by atoms with Crippen molar-refractivity contribution >= 4 is 34.8 Å². The average Bonchev–Trinajstić information content (AvgIpc) is 3.27. The highest BCUT2D eigenvalue weighted by Gasteiger charge is 2.73. The van der Waals surface area contributed by atoms with E-state index >= 15 is 0 Å². The summed E-state index contributed by atoms with van der Waals surface area (Å²) in [6, 6.07) is 11.0. The van der Waals surface area contributed by atoms with Crippen molar-refractivity contribution in [1.29, 1.82) is 0 Å². The van der Waals surface area contributed by atoms with Gasteiger partial charge in [-0.1, -0.05) is 24.3 Å². The highest BCUT2D eigenvalue weighted by Crippen LogP contribution is 2.50. The summed E-state index contributed by atoms with van der Waals surface area (Å²) in [4.78, 5) is 51.9. The molecule has 3 heterocycles. The van der Waals surface area contributed by atoms with E-state index in [-0.39, 0.29) is 23.3 Å². The van der Waals surface area contributed by atoms with Crippen molar-refractivity contribution < 1.29 is 24.6 Å². The first kappa shape index (κ1) is 18.4. The molecule has 3 aliphatic rings. The Morgan fingerprint density at radius 2 is 1.87 bits per heavy atom. The number of para-hydroxylation sites is 1. The number of nitrogens with two attached hydrogens (primary N) is 1. The van der Waals surface area contributed by atoms with Crippen molar-refractivity contribution in [2.45, 2.75) is 25.4 Å². The number of amides is 3. The third kappa shape index (κ3) is 2.12. The van der Waals surface area contributed by atoms with Crippen LogP contribution in [-0.2, 0) is 19.9 Å². The minimum absolute atomic E-state index is 0.197. The second-order valence-corrected chi connectivity index (χ2v) is 8.14. The van der Waals surface area contributed by atoms with Crippen LogP contribution in [0.3, 0.4) is 0 Å². The number of non-ortho nitro benzene ring substituents is 1. The lowest BCUT2D eigenvalue weighted by molar-refractivity contribution is -0.730. The van der Waals surface area contributed by atoms with Crippen molar-refractivity contribution in [1.82, 2.24) is 0 Å². The molecule has 3 aliphatic heterocycles. The zero-order chi connectivity index (χ0) is 21.4. The molecule has 0 aliphatic carbocycles. The Kier molecular flexibility index (Phi) is 3.66.